The van der Waals surface area contributed by atoms with Crippen LogP contribution in [0.4, 0.5) is 0 Å². The summed E-state index contributed by atoms with van der Waals surface area (Å²) >= 11 is 5.71. The maximum absolute atomic E-state index is 3.83. The van der Waals surface area contributed by atoms with E-state index < -0.39 is 0 Å². The van der Waals surface area contributed by atoms with Gasteiger partial charge in [-0.2, -0.15) is 0 Å². The third-order valence-electron chi connectivity index (χ3n) is 3.13. The van der Waals surface area contributed by atoms with Crippen LogP contribution in [0, 0.1) is 27.7 Å². The van der Waals surface area contributed by atoms with Gasteiger partial charge in [-0.3, -0.25) is 0 Å². The Morgan fingerprint density at radius 2 is 1.71 bits per heavy atom. The number of benzene rings is 1. The van der Waals surface area contributed by atoms with Crippen molar-refractivity contribution in [1.82, 2.24) is 0 Å². The van der Waals surface area contributed by atoms with Crippen LogP contribution in [0.3, 0.4) is 0 Å². The van der Waals surface area contributed by atoms with E-state index in [2.05, 4.69) is 67.9 Å². The molecule has 0 spiro atoms. The molecule has 0 nitrogen and oxygen atoms in total. The summed E-state index contributed by atoms with van der Waals surface area (Å²) in [5.41, 5.74) is 5.44. The molecule has 0 radical (unpaired) electrons. The average Bonchev–Trinajstić information content (AvgIpc) is 2.58. The molecule has 90 valence electrons. The van der Waals surface area contributed by atoms with Gasteiger partial charge < -0.3 is 0 Å². The van der Waals surface area contributed by atoms with Gasteiger partial charge >= 0.3 is 0 Å². The lowest BCUT2D eigenvalue weighted by molar-refractivity contribution is 1.16. The second kappa shape index (κ2) is 4.95. The minimum atomic E-state index is 0.320. The quantitative estimate of drug-likeness (QED) is 0.646. The Labute approximate surface area is 116 Å². The Hall–Kier alpha value is -0.600. The zero-order valence-corrected chi connectivity index (χ0v) is 13.1. The first-order valence-electron chi connectivity index (χ1n) is 5.77. The summed E-state index contributed by atoms with van der Waals surface area (Å²) in [7, 11) is 0. The Morgan fingerprint density at radius 3 is 2.24 bits per heavy atom. The van der Waals surface area contributed by atoms with E-state index in [4.69, 9.17) is 0 Å². The summed E-state index contributed by atoms with van der Waals surface area (Å²) in [6.45, 7) is 8.69. The van der Waals surface area contributed by atoms with E-state index in [0.29, 0.717) is 4.83 Å². The van der Waals surface area contributed by atoms with Crippen molar-refractivity contribution in [2.24, 2.45) is 0 Å². The van der Waals surface area contributed by atoms with Gasteiger partial charge in [0.2, 0.25) is 0 Å². The number of rotatable bonds is 2. The molecule has 0 fully saturated rings. The van der Waals surface area contributed by atoms with Gasteiger partial charge in [-0.1, -0.05) is 39.7 Å². The molecule has 1 aromatic carbocycles. The van der Waals surface area contributed by atoms with Gasteiger partial charge in [-0.05, 0) is 50.5 Å². The molecular formula is C15H17BrS. The van der Waals surface area contributed by atoms with Crippen molar-refractivity contribution < 1.29 is 0 Å². The lowest BCUT2D eigenvalue weighted by atomic mass is 10.0. The van der Waals surface area contributed by atoms with Gasteiger partial charge in [-0.25, -0.2) is 0 Å². The fourth-order valence-electron chi connectivity index (χ4n) is 1.99. The predicted octanol–water partition coefficient (Wildman–Crippen LogP) is 5.47. The van der Waals surface area contributed by atoms with Crippen molar-refractivity contribution in [2.75, 3.05) is 0 Å². The van der Waals surface area contributed by atoms with E-state index in [1.165, 1.54) is 32.0 Å². The van der Waals surface area contributed by atoms with Crippen molar-refractivity contribution in [3.05, 3.63) is 56.3 Å². The van der Waals surface area contributed by atoms with Crippen LogP contribution in [0.2, 0.25) is 0 Å². The van der Waals surface area contributed by atoms with Crippen molar-refractivity contribution in [3.8, 4) is 0 Å². The Morgan fingerprint density at radius 1 is 1.00 bits per heavy atom. The summed E-state index contributed by atoms with van der Waals surface area (Å²) < 4.78 is 0. The zero-order chi connectivity index (χ0) is 12.6. The molecular weight excluding hydrogens is 292 g/mol. The highest BCUT2D eigenvalue weighted by Gasteiger charge is 2.15. The molecule has 2 heteroatoms. The molecule has 2 aromatic rings. The Balaban J connectivity index is 2.39. The smallest absolute Gasteiger partial charge is 0.0740 e. The molecule has 1 atom stereocenters. The number of hydrogen-bond acceptors (Lipinski definition) is 1. The molecule has 1 unspecified atom stereocenters. The molecule has 0 N–H and O–H groups in total. The summed E-state index contributed by atoms with van der Waals surface area (Å²) in [6.07, 6.45) is 0. The summed E-state index contributed by atoms with van der Waals surface area (Å²) in [4.78, 5) is 3.13. The monoisotopic (exact) mass is 308 g/mol. The molecule has 17 heavy (non-hydrogen) atoms. The van der Waals surface area contributed by atoms with Gasteiger partial charge in [0.25, 0.3) is 0 Å². The second-order valence-electron chi connectivity index (χ2n) is 4.61. The standard InChI is InChI=1S/C15H17BrS/c1-9-5-6-13(11(3)7-9)15(16)14-8-10(2)12(4)17-14/h5-8,15H,1-4H3. The average molecular weight is 309 g/mol. The molecule has 0 bridgehead atoms. The van der Waals surface area contributed by atoms with E-state index in [1.54, 1.807) is 0 Å². The van der Waals surface area contributed by atoms with Crippen molar-refractivity contribution >= 4 is 27.3 Å². The SMILES string of the molecule is Cc1ccc(C(Br)c2cc(C)c(C)s2)c(C)c1. The normalized spacial score (nSPS) is 12.8. The van der Waals surface area contributed by atoms with Crippen molar-refractivity contribution in [1.29, 1.82) is 0 Å². The Kier molecular flexibility index (Phi) is 3.74. The number of hydrogen-bond donors (Lipinski definition) is 0. The lowest BCUT2D eigenvalue weighted by Gasteiger charge is -2.12. The fraction of sp³-hybridized carbons (Fsp3) is 0.333. The molecule has 0 aliphatic heterocycles. The highest BCUT2D eigenvalue weighted by atomic mass is 79.9. The Bertz CT molecular complexity index is 520. The molecule has 1 aromatic heterocycles. The van der Waals surface area contributed by atoms with E-state index in [1.807, 2.05) is 11.3 Å². The van der Waals surface area contributed by atoms with Crippen molar-refractivity contribution in [3.63, 3.8) is 0 Å². The molecule has 0 aliphatic rings. The van der Waals surface area contributed by atoms with Gasteiger partial charge in [0, 0.05) is 9.75 Å². The first-order chi connectivity index (χ1) is 7.99. The minimum Gasteiger partial charge on any atom is -0.144 e. The summed E-state index contributed by atoms with van der Waals surface area (Å²) in [6, 6.07) is 8.95. The van der Waals surface area contributed by atoms with E-state index in [9.17, 15) is 0 Å². The maximum Gasteiger partial charge on any atom is 0.0740 e. The van der Waals surface area contributed by atoms with E-state index in [0.717, 1.165) is 0 Å². The highest BCUT2D eigenvalue weighted by Crippen LogP contribution is 2.38. The molecule has 0 amide bonds. The van der Waals surface area contributed by atoms with Gasteiger partial charge in [0.05, 0.1) is 4.83 Å². The van der Waals surface area contributed by atoms with Crippen LogP contribution in [0.15, 0.2) is 24.3 Å². The molecule has 0 aliphatic carbocycles. The van der Waals surface area contributed by atoms with Crippen LogP contribution in [0.25, 0.3) is 0 Å². The first kappa shape index (κ1) is 12.8. The number of aryl methyl sites for hydroxylation is 4. The van der Waals surface area contributed by atoms with Gasteiger partial charge in [0.1, 0.15) is 0 Å². The third-order valence-corrected chi connectivity index (χ3v) is 5.64. The molecule has 2 rings (SSSR count). The predicted molar refractivity (Wildman–Crippen MR) is 80.5 cm³/mol. The van der Waals surface area contributed by atoms with Crippen LogP contribution in [0.1, 0.15) is 36.8 Å². The van der Waals surface area contributed by atoms with Crippen LogP contribution in [-0.4, -0.2) is 0 Å². The van der Waals surface area contributed by atoms with Crippen LogP contribution >= 0.6 is 27.3 Å². The van der Waals surface area contributed by atoms with Crippen molar-refractivity contribution in [2.45, 2.75) is 32.5 Å². The first-order valence-corrected chi connectivity index (χ1v) is 7.50. The number of halogens is 1. The van der Waals surface area contributed by atoms with E-state index in [-0.39, 0.29) is 0 Å². The molecule has 1 heterocycles. The maximum atomic E-state index is 3.83. The third kappa shape index (κ3) is 2.63. The number of thiophene rings is 1. The second-order valence-corrected chi connectivity index (χ2v) is 6.81. The molecule has 0 saturated carbocycles. The van der Waals surface area contributed by atoms with Crippen LogP contribution in [-0.2, 0) is 0 Å². The summed E-state index contributed by atoms with van der Waals surface area (Å²) in [5.74, 6) is 0. The fourth-order valence-corrected chi connectivity index (χ4v) is 3.96. The highest BCUT2D eigenvalue weighted by molar-refractivity contribution is 9.09. The van der Waals surface area contributed by atoms with Crippen LogP contribution < -0.4 is 0 Å². The minimum absolute atomic E-state index is 0.320. The molecule has 0 saturated heterocycles. The number of alkyl halides is 1. The van der Waals surface area contributed by atoms with Gasteiger partial charge in [-0.15, -0.1) is 11.3 Å². The largest absolute Gasteiger partial charge is 0.144 e. The van der Waals surface area contributed by atoms with E-state index >= 15 is 0 Å². The lowest BCUT2D eigenvalue weighted by Crippen LogP contribution is -1.94. The van der Waals surface area contributed by atoms with Crippen LogP contribution in [0.5, 0.6) is 0 Å². The topological polar surface area (TPSA) is 0 Å². The van der Waals surface area contributed by atoms with Gasteiger partial charge in [0.15, 0.2) is 0 Å². The zero-order valence-electron chi connectivity index (χ0n) is 10.7. The summed E-state index contributed by atoms with van der Waals surface area (Å²) in [5, 5.41) is 0.